The second kappa shape index (κ2) is 7.48. The molecule has 2 aromatic rings. The van der Waals surface area contributed by atoms with E-state index in [1.807, 2.05) is 13.0 Å². The standard InChI is InChI=1S/C16H15ClFNOS/c1-11-6-7-12(17)10-14(11)19-16(20)8-9-21-15-5-3-2-4-13(15)18/h2-7,10H,8-9H2,1H3,(H,19,20). The van der Waals surface area contributed by atoms with E-state index in [-0.39, 0.29) is 11.7 Å². The molecule has 0 heterocycles. The normalized spacial score (nSPS) is 10.4. The smallest absolute Gasteiger partial charge is 0.225 e. The zero-order valence-corrected chi connectivity index (χ0v) is 13.1. The van der Waals surface area contributed by atoms with Gasteiger partial charge in [0.2, 0.25) is 5.91 Å². The van der Waals surface area contributed by atoms with Gasteiger partial charge in [-0.1, -0.05) is 29.8 Å². The summed E-state index contributed by atoms with van der Waals surface area (Å²) in [6, 6.07) is 11.9. The molecule has 0 radical (unpaired) electrons. The predicted molar refractivity (Wildman–Crippen MR) is 86.6 cm³/mol. The Bertz CT molecular complexity index is 648. The topological polar surface area (TPSA) is 29.1 Å². The molecule has 2 rings (SSSR count). The van der Waals surface area contributed by atoms with Crippen molar-refractivity contribution in [2.24, 2.45) is 0 Å². The molecule has 110 valence electrons. The molecular weight excluding hydrogens is 309 g/mol. The van der Waals surface area contributed by atoms with Gasteiger partial charge >= 0.3 is 0 Å². The maximum absolute atomic E-state index is 13.4. The Morgan fingerprint density at radius 1 is 1.29 bits per heavy atom. The molecule has 2 nitrogen and oxygen atoms in total. The SMILES string of the molecule is Cc1ccc(Cl)cc1NC(=O)CCSc1ccccc1F. The fourth-order valence-electron chi connectivity index (χ4n) is 1.76. The van der Waals surface area contributed by atoms with Crippen molar-refractivity contribution >= 4 is 35.0 Å². The lowest BCUT2D eigenvalue weighted by Gasteiger charge is -2.09. The van der Waals surface area contributed by atoms with E-state index in [2.05, 4.69) is 5.32 Å². The van der Waals surface area contributed by atoms with Gasteiger partial charge in [0.1, 0.15) is 5.82 Å². The molecule has 0 aliphatic rings. The minimum Gasteiger partial charge on any atom is -0.326 e. The summed E-state index contributed by atoms with van der Waals surface area (Å²) >= 11 is 7.24. The lowest BCUT2D eigenvalue weighted by Crippen LogP contribution is -2.13. The molecule has 0 unspecified atom stereocenters. The van der Waals surface area contributed by atoms with Gasteiger partial charge in [-0.25, -0.2) is 4.39 Å². The van der Waals surface area contributed by atoms with Crippen LogP contribution >= 0.6 is 23.4 Å². The van der Waals surface area contributed by atoms with Gasteiger partial charge in [0, 0.05) is 27.8 Å². The average molecular weight is 324 g/mol. The fraction of sp³-hybridized carbons (Fsp3) is 0.188. The molecule has 0 aromatic heterocycles. The number of benzene rings is 2. The lowest BCUT2D eigenvalue weighted by atomic mass is 10.2. The third-order valence-electron chi connectivity index (χ3n) is 2.90. The van der Waals surface area contributed by atoms with Crippen LogP contribution < -0.4 is 5.32 Å². The van der Waals surface area contributed by atoms with Crippen LogP contribution in [0.25, 0.3) is 0 Å². The number of thioether (sulfide) groups is 1. The quantitative estimate of drug-likeness (QED) is 0.792. The summed E-state index contributed by atoms with van der Waals surface area (Å²) < 4.78 is 13.4. The van der Waals surface area contributed by atoms with Crippen LogP contribution in [0.3, 0.4) is 0 Å². The molecule has 2 aromatic carbocycles. The highest BCUT2D eigenvalue weighted by Gasteiger charge is 2.07. The number of amides is 1. The number of hydrogen-bond acceptors (Lipinski definition) is 2. The minimum absolute atomic E-state index is 0.107. The van der Waals surface area contributed by atoms with Crippen molar-refractivity contribution in [1.29, 1.82) is 0 Å². The highest BCUT2D eigenvalue weighted by Crippen LogP contribution is 2.23. The van der Waals surface area contributed by atoms with Gasteiger partial charge in [0.25, 0.3) is 0 Å². The molecule has 0 saturated heterocycles. The Morgan fingerprint density at radius 3 is 2.81 bits per heavy atom. The number of carbonyl (C=O) groups excluding carboxylic acids is 1. The van der Waals surface area contributed by atoms with Crippen LogP contribution in [0.1, 0.15) is 12.0 Å². The third kappa shape index (κ3) is 4.76. The number of hydrogen-bond donors (Lipinski definition) is 1. The fourth-order valence-corrected chi connectivity index (χ4v) is 2.82. The van der Waals surface area contributed by atoms with Crippen LogP contribution in [0, 0.1) is 12.7 Å². The van der Waals surface area contributed by atoms with Crippen molar-refractivity contribution in [1.82, 2.24) is 0 Å². The van der Waals surface area contributed by atoms with Crippen molar-refractivity contribution in [3.05, 3.63) is 58.9 Å². The van der Waals surface area contributed by atoms with E-state index in [1.165, 1.54) is 17.8 Å². The molecule has 1 N–H and O–H groups in total. The molecule has 0 aliphatic heterocycles. The predicted octanol–water partition coefficient (Wildman–Crippen LogP) is 4.91. The molecule has 0 saturated carbocycles. The maximum atomic E-state index is 13.4. The van der Waals surface area contributed by atoms with E-state index in [0.717, 1.165) is 5.56 Å². The number of rotatable bonds is 5. The first-order valence-electron chi connectivity index (χ1n) is 6.49. The van der Waals surface area contributed by atoms with Gasteiger partial charge in [-0.2, -0.15) is 0 Å². The van der Waals surface area contributed by atoms with Crippen LogP contribution in [0.2, 0.25) is 5.02 Å². The average Bonchev–Trinajstić information content (AvgIpc) is 2.45. The maximum Gasteiger partial charge on any atom is 0.225 e. The largest absolute Gasteiger partial charge is 0.326 e. The van der Waals surface area contributed by atoms with E-state index in [9.17, 15) is 9.18 Å². The second-order valence-electron chi connectivity index (χ2n) is 4.54. The van der Waals surface area contributed by atoms with Crippen molar-refractivity contribution < 1.29 is 9.18 Å². The Labute approximate surface area is 132 Å². The van der Waals surface area contributed by atoms with Crippen molar-refractivity contribution in [2.75, 3.05) is 11.1 Å². The van der Waals surface area contributed by atoms with E-state index >= 15 is 0 Å². The molecule has 0 spiro atoms. The van der Waals surface area contributed by atoms with Crippen LogP contribution in [-0.2, 0) is 4.79 Å². The Kier molecular flexibility index (Phi) is 5.65. The molecular formula is C16H15ClFNOS. The van der Waals surface area contributed by atoms with Gasteiger partial charge in [0.15, 0.2) is 0 Å². The number of carbonyl (C=O) groups is 1. The van der Waals surface area contributed by atoms with Gasteiger partial charge in [-0.05, 0) is 36.8 Å². The summed E-state index contributed by atoms with van der Waals surface area (Å²) in [7, 11) is 0. The van der Waals surface area contributed by atoms with Crippen LogP contribution in [0.15, 0.2) is 47.4 Å². The molecule has 5 heteroatoms. The van der Waals surface area contributed by atoms with Gasteiger partial charge in [0.05, 0.1) is 0 Å². The van der Waals surface area contributed by atoms with E-state index in [1.54, 1.807) is 30.3 Å². The number of nitrogens with one attached hydrogen (secondary N) is 1. The summed E-state index contributed by atoms with van der Waals surface area (Å²) in [6.07, 6.45) is 0.310. The van der Waals surface area contributed by atoms with Gasteiger partial charge in [-0.3, -0.25) is 4.79 Å². The van der Waals surface area contributed by atoms with E-state index in [4.69, 9.17) is 11.6 Å². The van der Waals surface area contributed by atoms with Crippen LogP contribution in [0.4, 0.5) is 10.1 Å². The first-order chi connectivity index (χ1) is 10.1. The Hall–Kier alpha value is -1.52. The van der Waals surface area contributed by atoms with Gasteiger partial charge < -0.3 is 5.32 Å². The summed E-state index contributed by atoms with van der Waals surface area (Å²) in [5.74, 6) is 0.157. The molecule has 1 amide bonds. The van der Waals surface area contributed by atoms with E-state index in [0.29, 0.717) is 27.8 Å². The van der Waals surface area contributed by atoms with Crippen LogP contribution in [0.5, 0.6) is 0 Å². The van der Waals surface area contributed by atoms with Crippen LogP contribution in [-0.4, -0.2) is 11.7 Å². The highest BCUT2D eigenvalue weighted by molar-refractivity contribution is 7.99. The minimum atomic E-state index is -0.256. The molecule has 0 aliphatic carbocycles. The monoisotopic (exact) mass is 323 g/mol. The van der Waals surface area contributed by atoms with Crippen molar-refractivity contribution in [3.8, 4) is 0 Å². The number of anilines is 1. The second-order valence-corrected chi connectivity index (χ2v) is 6.11. The lowest BCUT2D eigenvalue weighted by molar-refractivity contribution is -0.115. The zero-order chi connectivity index (χ0) is 15.2. The third-order valence-corrected chi connectivity index (χ3v) is 4.18. The molecule has 0 bridgehead atoms. The summed E-state index contributed by atoms with van der Waals surface area (Å²) in [4.78, 5) is 12.4. The van der Waals surface area contributed by atoms with Gasteiger partial charge in [-0.15, -0.1) is 11.8 Å². The molecule has 0 atom stereocenters. The van der Waals surface area contributed by atoms with E-state index < -0.39 is 0 Å². The first-order valence-corrected chi connectivity index (χ1v) is 7.86. The Morgan fingerprint density at radius 2 is 2.05 bits per heavy atom. The molecule has 0 fully saturated rings. The summed E-state index contributed by atoms with van der Waals surface area (Å²) in [5, 5.41) is 3.40. The Balaban J connectivity index is 1.85. The number of halogens is 2. The number of aryl methyl sites for hydroxylation is 1. The zero-order valence-electron chi connectivity index (χ0n) is 11.5. The highest BCUT2D eigenvalue weighted by atomic mass is 35.5. The summed E-state index contributed by atoms with van der Waals surface area (Å²) in [5.41, 5.74) is 1.66. The van der Waals surface area contributed by atoms with Crippen molar-refractivity contribution in [3.63, 3.8) is 0 Å². The first kappa shape index (κ1) is 15.9. The molecule has 21 heavy (non-hydrogen) atoms. The summed E-state index contributed by atoms with van der Waals surface area (Å²) in [6.45, 7) is 1.90. The van der Waals surface area contributed by atoms with Crippen molar-refractivity contribution in [2.45, 2.75) is 18.2 Å².